The number of aromatic nitrogens is 4. The lowest BCUT2D eigenvalue weighted by Crippen LogP contribution is -2.21. The van der Waals surface area contributed by atoms with E-state index in [2.05, 4.69) is 14.5 Å². The Hall–Kier alpha value is -3.22. The molecule has 5 rings (SSSR count). The van der Waals surface area contributed by atoms with E-state index in [-0.39, 0.29) is 11.1 Å². The average molecular weight is 348 g/mol. The van der Waals surface area contributed by atoms with Gasteiger partial charge in [-0.25, -0.2) is 14.8 Å². The number of nitrogens with zero attached hydrogens (tertiary/aromatic N) is 4. The predicted molar refractivity (Wildman–Crippen MR) is 95.9 cm³/mol. The van der Waals surface area contributed by atoms with E-state index < -0.39 is 5.97 Å². The molecule has 0 radical (unpaired) electrons. The van der Waals surface area contributed by atoms with Gasteiger partial charge >= 0.3 is 5.97 Å². The first-order chi connectivity index (χ1) is 12.6. The van der Waals surface area contributed by atoms with E-state index in [1.165, 1.54) is 25.0 Å². The van der Waals surface area contributed by atoms with Crippen molar-refractivity contribution in [1.29, 1.82) is 0 Å². The molecule has 3 heterocycles. The third kappa shape index (κ3) is 2.35. The molecule has 2 aromatic heterocycles. The van der Waals surface area contributed by atoms with Crippen LogP contribution < -0.4 is 5.56 Å². The topological polar surface area (TPSA) is 90.0 Å². The Balaban J connectivity index is 1.62. The van der Waals surface area contributed by atoms with Crippen LogP contribution in [0.2, 0.25) is 0 Å². The number of carboxylic acids is 1. The quantitative estimate of drug-likeness (QED) is 0.786. The molecule has 0 atom stereocenters. The van der Waals surface area contributed by atoms with Gasteiger partial charge in [-0.15, -0.1) is 0 Å². The summed E-state index contributed by atoms with van der Waals surface area (Å²) >= 11 is 0. The second kappa shape index (κ2) is 5.39. The van der Waals surface area contributed by atoms with Gasteiger partial charge < -0.3 is 9.67 Å². The second-order valence-corrected chi connectivity index (χ2v) is 6.83. The maximum atomic E-state index is 12.7. The third-order valence-corrected chi connectivity index (χ3v) is 5.01. The molecule has 1 aromatic carbocycles. The highest BCUT2D eigenvalue weighted by atomic mass is 16.4. The first kappa shape index (κ1) is 15.1. The Bertz CT molecular complexity index is 1150. The summed E-state index contributed by atoms with van der Waals surface area (Å²) in [5.74, 6) is -0.429. The molecule has 7 nitrogen and oxygen atoms in total. The molecule has 1 aliphatic carbocycles. The summed E-state index contributed by atoms with van der Waals surface area (Å²) in [6.45, 7) is 0.576. The molecular formula is C19H16N4O3. The van der Waals surface area contributed by atoms with E-state index in [0.29, 0.717) is 35.7 Å². The molecule has 3 aromatic rings. The molecule has 0 unspecified atom stereocenters. The minimum Gasteiger partial charge on any atom is -0.478 e. The van der Waals surface area contributed by atoms with E-state index in [1.807, 2.05) is 18.6 Å². The van der Waals surface area contributed by atoms with Crippen LogP contribution in [0.25, 0.3) is 22.6 Å². The van der Waals surface area contributed by atoms with Crippen molar-refractivity contribution in [2.24, 2.45) is 0 Å². The first-order valence-electron chi connectivity index (χ1n) is 8.62. The standard InChI is InChI=1S/C19H16N4O3/c24-18-15-4-1-12(19(25)26)8-16(15)21-17-11(5-6-23(17)18)7-13-9-22(10-20-13)14-2-3-14/h1,4,7-10,14H,2-3,5-6H2,(H,25,26)/b11-7-. The van der Waals surface area contributed by atoms with Gasteiger partial charge in [0, 0.05) is 18.8 Å². The van der Waals surface area contributed by atoms with Crippen LogP contribution in [0.4, 0.5) is 0 Å². The third-order valence-electron chi connectivity index (χ3n) is 5.01. The molecule has 1 aliphatic heterocycles. The van der Waals surface area contributed by atoms with Gasteiger partial charge in [0.05, 0.1) is 28.5 Å². The van der Waals surface area contributed by atoms with Gasteiger partial charge in [-0.05, 0) is 49.1 Å². The fourth-order valence-electron chi connectivity index (χ4n) is 3.47. The highest BCUT2D eigenvalue weighted by Crippen LogP contribution is 2.35. The molecule has 0 amide bonds. The van der Waals surface area contributed by atoms with Crippen molar-refractivity contribution in [3.05, 3.63) is 58.2 Å². The molecule has 130 valence electrons. The van der Waals surface area contributed by atoms with Crippen molar-refractivity contribution < 1.29 is 9.90 Å². The van der Waals surface area contributed by atoms with E-state index in [1.54, 1.807) is 10.6 Å². The van der Waals surface area contributed by atoms with Crippen LogP contribution in [0.5, 0.6) is 0 Å². The zero-order valence-corrected chi connectivity index (χ0v) is 13.9. The largest absolute Gasteiger partial charge is 0.478 e. The van der Waals surface area contributed by atoms with Crippen molar-refractivity contribution in [3.63, 3.8) is 0 Å². The highest BCUT2D eigenvalue weighted by Gasteiger charge is 2.24. The second-order valence-electron chi connectivity index (χ2n) is 6.83. The lowest BCUT2D eigenvalue weighted by molar-refractivity contribution is 0.0697. The molecule has 2 aliphatic rings. The maximum absolute atomic E-state index is 12.7. The Morgan fingerprint density at radius 2 is 2.15 bits per heavy atom. The van der Waals surface area contributed by atoms with Crippen molar-refractivity contribution in [2.75, 3.05) is 0 Å². The van der Waals surface area contributed by atoms with Gasteiger partial charge in [0.1, 0.15) is 5.82 Å². The van der Waals surface area contributed by atoms with Crippen molar-refractivity contribution in [1.82, 2.24) is 19.1 Å². The van der Waals surface area contributed by atoms with E-state index in [0.717, 1.165) is 11.3 Å². The number of hydrogen-bond acceptors (Lipinski definition) is 4. The van der Waals surface area contributed by atoms with Crippen LogP contribution in [0.1, 0.15) is 47.2 Å². The Kier molecular flexibility index (Phi) is 3.12. The van der Waals surface area contributed by atoms with Crippen LogP contribution in [-0.2, 0) is 6.54 Å². The van der Waals surface area contributed by atoms with Gasteiger partial charge in [0.2, 0.25) is 0 Å². The maximum Gasteiger partial charge on any atom is 0.335 e. The predicted octanol–water partition coefficient (Wildman–Crippen LogP) is 2.57. The molecule has 7 heteroatoms. The normalized spacial score (nSPS) is 17.8. The van der Waals surface area contributed by atoms with E-state index in [4.69, 9.17) is 0 Å². The molecule has 0 saturated heterocycles. The van der Waals surface area contributed by atoms with Gasteiger partial charge in [-0.3, -0.25) is 9.36 Å². The van der Waals surface area contributed by atoms with Gasteiger partial charge in [0.15, 0.2) is 0 Å². The summed E-state index contributed by atoms with van der Waals surface area (Å²) in [4.78, 5) is 32.9. The number of rotatable bonds is 3. The Morgan fingerprint density at radius 3 is 2.92 bits per heavy atom. The zero-order chi connectivity index (χ0) is 17.8. The number of imidazole rings is 1. The number of hydrogen-bond donors (Lipinski definition) is 1. The number of carboxylic acid groups (broad SMARTS) is 1. The molecule has 1 saturated carbocycles. The summed E-state index contributed by atoms with van der Waals surface area (Å²) in [5, 5.41) is 9.62. The van der Waals surface area contributed by atoms with Gasteiger partial charge in [-0.1, -0.05) is 0 Å². The molecule has 1 fully saturated rings. The molecule has 0 bridgehead atoms. The number of benzene rings is 1. The number of fused-ring (bicyclic) bond motifs is 2. The number of aromatic carboxylic acids is 1. The smallest absolute Gasteiger partial charge is 0.335 e. The zero-order valence-electron chi connectivity index (χ0n) is 13.9. The molecule has 0 spiro atoms. The lowest BCUT2D eigenvalue weighted by atomic mass is 10.1. The molecular weight excluding hydrogens is 332 g/mol. The molecule has 1 N–H and O–H groups in total. The summed E-state index contributed by atoms with van der Waals surface area (Å²) < 4.78 is 3.79. The van der Waals surface area contributed by atoms with E-state index in [9.17, 15) is 14.7 Å². The van der Waals surface area contributed by atoms with Gasteiger partial charge in [-0.2, -0.15) is 0 Å². The van der Waals surface area contributed by atoms with Crippen molar-refractivity contribution in [3.8, 4) is 0 Å². The minimum absolute atomic E-state index is 0.126. The first-order valence-corrected chi connectivity index (χ1v) is 8.62. The summed E-state index contributed by atoms with van der Waals surface area (Å²) in [7, 11) is 0. The fraction of sp³-hybridized carbons (Fsp3) is 0.263. The van der Waals surface area contributed by atoms with Crippen molar-refractivity contribution in [2.45, 2.75) is 31.8 Å². The minimum atomic E-state index is -1.03. The van der Waals surface area contributed by atoms with Gasteiger partial charge in [0.25, 0.3) is 5.56 Å². The van der Waals surface area contributed by atoms with Crippen LogP contribution >= 0.6 is 0 Å². The summed E-state index contributed by atoms with van der Waals surface area (Å²) in [6, 6.07) is 5.01. The van der Waals surface area contributed by atoms with Crippen LogP contribution in [0.3, 0.4) is 0 Å². The highest BCUT2D eigenvalue weighted by molar-refractivity contribution is 5.93. The summed E-state index contributed by atoms with van der Waals surface area (Å²) in [5.41, 5.74) is 2.21. The summed E-state index contributed by atoms with van der Waals surface area (Å²) in [6.07, 6.45) is 8.94. The monoisotopic (exact) mass is 348 g/mol. The molecule has 26 heavy (non-hydrogen) atoms. The van der Waals surface area contributed by atoms with Crippen LogP contribution in [0, 0.1) is 0 Å². The van der Waals surface area contributed by atoms with Crippen LogP contribution in [-0.4, -0.2) is 30.2 Å². The lowest BCUT2D eigenvalue weighted by Gasteiger charge is -2.06. The number of allylic oxidation sites excluding steroid dienone is 1. The van der Waals surface area contributed by atoms with Crippen molar-refractivity contribution >= 4 is 28.5 Å². The van der Waals surface area contributed by atoms with Crippen LogP contribution in [0.15, 0.2) is 35.5 Å². The SMILES string of the molecule is O=C(O)c1ccc2c(=O)n3c(nc2c1)/C(=C\c1cn(C2CC2)cn1)CC3. The fourth-order valence-corrected chi connectivity index (χ4v) is 3.47. The Morgan fingerprint density at radius 1 is 1.31 bits per heavy atom. The number of carbonyl (C=O) groups is 1. The average Bonchev–Trinajstić information content (AvgIpc) is 3.25. The van der Waals surface area contributed by atoms with E-state index >= 15 is 0 Å². The Labute approximate surface area is 148 Å².